The van der Waals surface area contributed by atoms with Gasteiger partial charge in [-0.1, -0.05) is 0 Å². The van der Waals surface area contributed by atoms with Crippen LogP contribution in [0.15, 0.2) is 23.1 Å². The van der Waals surface area contributed by atoms with Gasteiger partial charge in [0.25, 0.3) is 5.56 Å². The van der Waals surface area contributed by atoms with Crippen LogP contribution in [0.1, 0.15) is 19.9 Å². The Morgan fingerprint density at radius 1 is 1.43 bits per heavy atom. The average Bonchev–Trinajstić information content (AvgIpc) is 2.07. The first-order valence-electron chi connectivity index (χ1n) is 4.18. The second kappa shape index (κ2) is 4.21. The average molecular weight is 203 g/mol. The Morgan fingerprint density at radius 2 is 2.07 bits per heavy atom. The normalized spacial score (nSPS) is 11.0. The maximum Gasteiger partial charge on any atom is 0.387 e. The zero-order valence-corrected chi connectivity index (χ0v) is 7.91. The molecule has 1 rings (SSSR count). The second-order valence-corrected chi connectivity index (χ2v) is 3.06. The van der Waals surface area contributed by atoms with Crippen LogP contribution >= 0.6 is 0 Å². The van der Waals surface area contributed by atoms with Crippen LogP contribution in [-0.2, 0) is 0 Å². The van der Waals surface area contributed by atoms with Crippen molar-refractivity contribution in [2.75, 3.05) is 0 Å². The van der Waals surface area contributed by atoms with Gasteiger partial charge >= 0.3 is 6.61 Å². The van der Waals surface area contributed by atoms with E-state index in [9.17, 15) is 13.6 Å². The van der Waals surface area contributed by atoms with E-state index in [1.54, 1.807) is 13.8 Å². The Balaban J connectivity index is 3.08. The van der Waals surface area contributed by atoms with Crippen LogP contribution in [0, 0.1) is 0 Å². The van der Waals surface area contributed by atoms with Gasteiger partial charge in [-0.2, -0.15) is 8.78 Å². The van der Waals surface area contributed by atoms with Gasteiger partial charge in [0.2, 0.25) is 0 Å². The molecule has 0 atom stereocenters. The van der Waals surface area contributed by atoms with Crippen LogP contribution in [0.5, 0.6) is 5.75 Å². The van der Waals surface area contributed by atoms with Crippen molar-refractivity contribution in [2.24, 2.45) is 0 Å². The number of hydrogen-bond donors (Lipinski definition) is 0. The van der Waals surface area contributed by atoms with Gasteiger partial charge in [-0.25, -0.2) is 0 Å². The quantitative estimate of drug-likeness (QED) is 0.752. The number of alkyl halides is 2. The maximum atomic E-state index is 11.9. The summed E-state index contributed by atoms with van der Waals surface area (Å²) in [6.45, 7) is 0.604. The molecule has 5 heteroatoms. The number of rotatable bonds is 3. The van der Waals surface area contributed by atoms with E-state index < -0.39 is 12.2 Å². The van der Waals surface area contributed by atoms with Crippen molar-refractivity contribution in [1.29, 1.82) is 0 Å². The summed E-state index contributed by atoms with van der Waals surface area (Å²) >= 11 is 0. The molecule has 0 aromatic carbocycles. The van der Waals surface area contributed by atoms with Crippen LogP contribution in [0.2, 0.25) is 0 Å². The molecule has 0 amide bonds. The zero-order chi connectivity index (χ0) is 10.7. The number of nitrogens with zero attached hydrogens (tertiary/aromatic N) is 1. The Labute approximate surface area is 79.9 Å². The molecule has 1 heterocycles. The Kier molecular flexibility index (Phi) is 3.22. The fourth-order valence-electron chi connectivity index (χ4n) is 1.08. The number of hydrogen-bond acceptors (Lipinski definition) is 2. The van der Waals surface area contributed by atoms with Gasteiger partial charge in [-0.15, -0.1) is 0 Å². The minimum absolute atomic E-state index is 0.0799. The lowest BCUT2D eigenvalue weighted by Crippen LogP contribution is -2.23. The summed E-state index contributed by atoms with van der Waals surface area (Å²) in [6, 6.07) is 2.65. The SMILES string of the molecule is CC(C)n1cccc(OC(F)F)c1=O. The Morgan fingerprint density at radius 3 is 2.57 bits per heavy atom. The molecular weight excluding hydrogens is 192 g/mol. The van der Waals surface area contributed by atoms with Gasteiger partial charge in [0.05, 0.1) is 0 Å². The van der Waals surface area contributed by atoms with Crippen molar-refractivity contribution in [3.8, 4) is 5.75 Å². The highest BCUT2D eigenvalue weighted by atomic mass is 19.3. The molecule has 78 valence electrons. The molecule has 0 saturated heterocycles. The minimum atomic E-state index is -2.97. The van der Waals surface area contributed by atoms with Crippen molar-refractivity contribution < 1.29 is 13.5 Å². The van der Waals surface area contributed by atoms with Crippen LogP contribution < -0.4 is 10.3 Å². The lowest BCUT2D eigenvalue weighted by molar-refractivity contribution is -0.0511. The summed E-state index contributed by atoms with van der Waals surface area (Å²) in [7, 11) is 0. The van der Waals surface area contributed by atoms with Crippen LogP contribution in [0.25, 0.3) is 0 Å². The molecule has 3 nitrogen and oxygen atoms in total. The fourth-order valence-corrected chi connectivity index (χ4v) is 1.08. The van der Waals surface area contributed by atoms with Gasteiger partial charge in [0.15, 0.2) is 5.75 Å². The molecule has 0 aliphatic carbocycles. The van der Waals surface area contributed by atoms with E-state index in [0.29, 0.717) is 0 Å². The predicted octanol–water partition coefficient (Wildman–Crippen LogP) is 2.03. The van der Waals surface area contributed by atoms with Gasteiger partial charge in [0.1, 0.15) is 0 Å². The summed E-state index contributed by atoms with van der Waals surface area (Å²) in [6.07, 6.45) is 1.53. The zero-order valence-electron chi connectivity index (χ0n) is 7.91. The fraction of sp³-hybridized carbons (Fsp3) is 0.444. The highest BCUT2D eigenvalue weighted by Crippen LogP contribution is 2.09. The summed E-state index contributed by atoms with van der Waals surface area (Å²) in [5.41, 5.74) is -0.539. The van der Waals surface area contributed by atoms with E-state index in [4.69, 9.17) is 0 Å². The van der Waals surface area contributed by atoms with Crippen molar-refractivity contribution in [1.82, 2.24) is 4.57 Å². The van der Waals surface area contributed by atoms with Gasteiger partial charge in [-0.05, 0) is 26.0 Å². The largest absolute Gasteiger partial charge is 0.429 e. The van der Waals surface area contributed by atoms with Gasteiger partial charge in [-0.3, -0.25) is 4.79 Å². The van der Waals surface area contributed by atoms with Gasteiger partial charge < -0.3 is 9.30 Å². The molecular formula is C9H11F2NO2. The molecule has 0 radical (unpaired) electrons. The molecule has 0 unspecified atom stereocenters. The molecule has 1 aromatic rings. The molecule has 0 aliphatic heterocycles. The molecule has 0 aliphatic rings. The highest BCUT2D eigenvalue weighted by molar-refractivity contribution is 5.17. The van der Waals surface area contributed by atoms with Crippen LogP contribution in [0.4, 0.5) is 8.78 Å². The molecule has 0 saturated carbocycles. The summed E-state index contributed by atoms with van der Waals surface area (Å²) in [5.74, 6) is -0.323. The maximum absolute atomic E-state index is 11.9. The molecule has 0 bridgehead atoms. The first-order chi connectivity index (χ1) is 6.52. The van der Waals surface area contributed by atoms with Crippen LogP contribution in [-0.4, -0.2) is 11.2 Å². The molecule has 0 N–H and O–H groups in total. The van der Waals surface area contributed by atoms with Crippen molar-refractivity contribution in [3.63, 3.8) is 0 Å². The third kappa shape index (κ3) is 2.31. The number of ether oxygens (including phenoxy) is 1. The van der Waals surface area contributed by atoms with Crippen molar-refractivity contribution >= 4 is 0 Å². The first-order valence-corrected chi connectivity index (χ1v) is 4.18. The van der Waals surface area contributed by atoms with Crippen molar-refractivity contribution in [2.45, 2.75) is 26.5 Å². The Hall–Kier alpha value is -1.39. The highest BCUT2D eigenvalue weighted by Gasteiger charge is 2.10. The van der Waals surface area contributed by atoms with Gasteiger partial charge in [0, 0.05) is 12.2 Å². The van der Waals surface area contributed by atoms with E-state index in [-0.39, 0.29) is 11.8 Å². The number of halogens is 2. The van der Waals surface area contributed by atoms with E-state index in [0.717, 1.165) is 0 Å². The first kappa shape index (κ1) is 10.7. The molecule has 14 heavy (non-hydrogen) atoms. The topological polar surface area (TPSA) is 31.2 Å². The molecule has 1 aromatic heterocycles. The van der Waals surface area contributed by atoms with E-state index in [1.807, 2.05) is 0 Å². The lowest BCUT2D eigenvalue weighted by atomic mass is 10.3. The standard InChI is InChI=1S/C9H11F2NO2/c1-6(2)12-5-3-4-7(8(12)13)14-9(10)11/h3-6,9H,1-2H3. The number of aromatic nitrogens is 1. The number of pyridine rings is 1. The Bertz CT molecular complexity index is 360. The predicted molar refractivity (Wildman–Crippen MR) is 47.7 cm³/mol. The second-order valence-electron chi connectivity index (χ2n) is 3.06. The van der Waals surface area contributed by atoms with E-state index >= 15 is 0 Å². The summed E-state index contributed by atoms with van der Waals surface area (Å²) in [5, 5.41) is 0. The van der Waals surface area contributed by atoms with Crippen molar-refractivity contribution in [3.05, 3.63) is 28.7 Å². The summed E-state index contributed by atoms with van der Waals surface area (Å²) < 4.78 is 29.1. The monoisotopic (exact) mass is 203 g/mol. The molecule has 0 spiro atoms. The smallest absolute Gasteiger partial charge is 0.387 e. The summed E-state index contributed by atoms with van der Waals surface area (Å²) in [4.78, 5) is 11.5. The van der Waals surface area contributed by atoms with Crippen LogP contribution in [0.3, 0.4) is 0 Å². The minimum Gasteiger partial charge on any atom is -0.429 e. The third-order valence-electron chi connectivity index (χ3n) is 1.71. The molecule has 0 fully saturated rings. The van der Waals surface area contributed by atoms with E-state index in [2.05, 4.69) is 4.74 Å². The third-order valence-corrected chi connectivity index (χ3v) is 1.71. The van der Waals surface area contributed by atoms with E-state index in [1.165, 1.54) is 22.9 Å². The lowest BCUT2D eigenvalue weighted by Gasteiger charge is -2.11.